The second-order valence-corrected chi connectivity index (χ2v) is 2.95. The van der Waals surface area contributed by atoms with Crippen molar-refractivity contribution < 1.29 is 9.47 Å². The largest absolute Gasteiger partial charge is 0.356 e. The van der Waals surface area contributed by atoms with Gasteiger partial charge in [-0.2, -0.15) is 0 Å². The van der Waals surface area contributed by atoms with Gasteiger partial charge in [-0.1, -0.05) is 18.1 Å². The third-order valence-corrected chi connectivity index (χ3v) is 2.05. The Bertz CT molecular complexity index is 304. The van der Waals surface area contributed by atoms with Crippen molar-refractivity contribution in [2.75, 3.05) is 14.2 Å². The Morgan fingerprint density at radius 2 is 1.79 bits per heavy atom. The second-order valence-electron chi connectivity index (χ2n) is 2.95. The van der Waals surface area contributed by atoms with Crippen LogP contribution in [0, 0.1) is 12.3 Å². The molecule has 0 atom stereocenters. The molecule has 0 fully saturated rings. The van der Waals surface area contributed by atoms with E-state index in [-0.39, 0.29) is 6.29 Å². The van der Waals surface area contributed by atoms with E-state index >= 15 is 0 Å². The maximum Gasteiger partial charge on any atom is 0.160 e. The third-order valence-electron chi connectivity index (χ3n) is 2.05. The summed E-state index contributed by atoms with van der Waals surface area (Å²) in [7, 11) is 3.26. The third kappa shape index (κ3) is 2.88. The molecule has 0 aliphatic carbocycles. The van der Waals surface area contributed by atoms with Crippen LogP contribution in [0.2, 0.25) is 0 Å². The van der Waals surface area contributed by atoms with Gasteiger partial charge in [0.15, 0.2) is 6.29 Å². The maximum absolute atomic E-state index is 5.25. The van der Waals surface area contributed by atoms with Gasteiger partial charge in [0.05, 0.1) is 0 Å². The molecule has 0 amide bonds. The van der Waals surface area contributed by atoms with Gasteiger partial charge in [-0.15, -0.1) is 6.42 Å². The number of benzene rings is 1. The minimum Gasteiger partial charge on any atom is -0.356 e. The standard InChI is InChI=1S/C12H14O2/c1-4-10-5-7-11(8-6-10)9-12(13-2)14-3/h1,5-8,12H,9H2,2-3H3. The fourth-order valence-electron chi connectivity index (χ4n) is 1.19. The number of hydrogen-bond donors (Lipinski definition) is 0. The van der Waals surface area contributed by atoms with Crippen molar-refractivity contribution in [3.05, 3.63) is 35.4 Å². The minimum absolute atomic E-state index is 0.188. The number of ether oxygens (including phenoxy) is 2. The molecule has 0 aromatic heterocycles. The van der Waals surface area contributed by atoms with Crippen LogP contribution >= 0.6 is 0 Å². The monoisotopic (exact) mass is 190 g/mol. The smallest absolute Gasteiger partial charge is 0.160 e. The van der Waals surface area contributed by atoms with Crippen LogP contribution in [-0.2, 0) is 15.9 Å². The lowest BCUT2D eigenvalue weighted by atomic mass is 10.1. The van der Waals surface area contributed by atoms with Crippen molar-refractivity contribution in [2.45, 2.75) is 12.7 Å². The average Bonchev–Trinajstić information content (AvgIpc) is 2.26. The SMILES string of the molecule is C#Cc1ccc(CC(OC)OC)cc1. The van der Waals surface area contributed by atoms with Gasteiger partial charge in [-0.3, -0.25) is 0 Å². The van der Waals surface area contributed by atoms with E-state index < -0.39 is 0 Å². The Kier molecular flexibility index (Phi) is 4.18. The van der Waals surface area contributed by atoms with E-state index in [9.17, 15) is 0 Å². The highest BCUT2D eigenvalue weighted by Crippen LogP contribution is 2.07. The van der Waals surface area contributed by atoms with Gasteiger partial charge in [0.2, 0.25) is 0 Å². The molecule has 74 valence electrons. The van der Waals surface area contributed by atoms with E-state index in [1.54, 1.807) is 14.2 Å². The number of hydrogen-bond acceptors (Lipinski definition) is 2. The summed E-state index contributed by atoms with van der Waals surface area (Å²) in [6, 6.07) is 7.80. The first kappa shape index (κ1) is 10.8. The lowest BCUT2D eigenvalue weighted by Crippen LogP contribution is -2.15. The van der Waals surface area contributed by atoms with Crippen molar-refractivity contribution >= 4 is 0 Å². The fraction of sp³-hybridized carbons (Fsp3) is 0.333. The van der Waals surface area contributed by atoms with Gasteiger partial charge in [0.1, 0.15) is 0 Å². The first-order chi connectivity index (χ1) is 6.80. The number of methoxy groups -OCH3 is 2. The number of terminal acetylenes is 1. The molecule has 0 saturated heterocycles. The Hall–Kier alpha value is -1.30. The molecule has 2 heteroatoms. The molecule has 0 aliphatic heterocycles. The molecule has 14 heavy (non-hydrogen) atoms. The minimum atomic E-state index is -0.188. The van der Waals surface area contributed by atoms with E-state index in [1.165, 1.54) is 0 Å². The summed E-state index contributed by atoms with van der Waals surface area (Å²) in [6.07, 6.45) is 5.80. The molecule has 0 heterocycles. The van der Waals surface area contributed by atoms with Crippen LogP contribution in [0.5, 0.6) is 0 Å². The highest BCUT2D eigenvalue weighted by atomic mass is 16.7. The lowest BCUT2D eigenvalue weighted by Gasteiger charge is -2.12. The van der Waals surface area contributed by atoms with Crippen LogP contribution in [0.25, 0.3) is 0 Å². The first-order valence-corrected chi connectivity index (χ1v) is 4.41. The van der Waals surface area contributed by atoms with Crippen molar-refractivity contribution in [3.63, 3.8) is 0 Å². The summed E-state index contributed by atoms with van der Waals surface area (Å²) < 4.78 is 10.2. The summed E-state index contributed by atoms with van der Waals surface area (Å²) in [6.45, 7) is 0. The predicted molar refractivity (Wildman–Crippen MR) is 55.9 cm³/mol. The molecule has 0 N–H and O–H groups in total. The van der Waals surface area contributed by atoms with Crippen LogP contribution in [-0.4, -0.2) is 20.5 Å². The van der Waals surface area contributed by atoms with Crippen LogP contribution in [0.15, 0.2) is 24.3 Å². The predicted octanol–water partition coefficient (Wildman–Crippen LogP) is 1.83. The highest BCUT2D eigenvalue weighted by molar-refractivity contribution is 5.34. The molecule has 0 spiro atoms. The zero-order valence-corrected chi connectivity index (χ0v) is 8.49. The van der Waals surface area contributed by atoms with Crippen LogP contribution in [0.3, 0.4) is 0 Å². The average molecular weight is 190 g/mol. The molecule has 1 aromatic rings. The maximum atomic E-state index is 5.25. The van der Waals surface area contributed by atoms with Gasteiger partial charge in [0, 0.05) is 26.2 Å². The van der Waals surface area contributed by atoms with Crippen LogP contribution in [0.4, 0.5) is 0 Å². The normalized spacial score (nSPS) is 10.1. The molecule has 0 bridgehead atoms. The second kappa shape index (κ2) is 5.43. The summed E-state index contributed by atoms with van der Waals surface area (Å²) >= 11 is 0. The molecule has 1 rings (SSSR count). The molecule has 0 unspecified atom stereocenters. The summed E-state index contributed by atoms with van der Waals surface area (Å²) in [4.78, 5) is 0. The lowest BCUT2D eigenvalue weighted by molar-refractivity contribution is -0.100. The Morgan fingerprint density at radius 1 is 1.21 bits per heavy atom. The number of rotatable bonds is 4. The van der Waals surface area contributed by atoms with Crippen molar-refractivity contribution in [1.82, 2.24) is 0 Å². The molecular formula is C12H14O2. The fourth-order valence-corrected chi connectivity index (χ4v) is 1.19. The van der Waals surface area contributed by atoms with E-state index in [0.717, 1.165) is 17.5 Å². The topological polar surface area (TPSA) is 18.5 Å². The van der Waals surface area contributed by atoms with Gasteiger partial charge in [0.25, 0.3) is 0 Å². The molecule has 2 nitrogen and oxygen atoms in total. The van der Waals surface area contributed by atoms with Gasteiger partial charge < -0.3 is 9.47 Å². The quantitative estimate of drug-likeness (QED) is 0.532. The van der Waals surface area contributed by atoms with Crippen LogP contribution < -0.4 is 0 Å². The van der Waals surface area contributed by atoms with Crippen LogP contribution in [0.1, 0.15) is 11.1 Å². The van der Waals surface area contributed by atoms with Crippen molar-refractivity contribution in [1.29, 1.82) is 0 Å². The molecule has 0 saturated carbocycles. The zero-order valence-electron chi connectivity index (χ0n) is 8.49. The van der Waals surface area contributed by atoms with Crippen molar-refractivity contribution in [2.24, 2.45) is 0 Å². The molecule has 0 aliphatic rings. The Balaban J connectivity index is 2.64. The van der Waals surface area contributed by atoms with E-state index in [4.69, 9.17) is 15.9 Å². The van der Waals surface area contributed by atoms with E-state index in [0.29, 0.717) is 0 Å². The van der Waals surface area contributed by atoms with Gasteiger partial charge in [-0.25, -0.2) is 0 Å². The van der Waals surface area contributed by atoms with E-state index in [1.807, 2.05) is 24.3 Å². The summed E-state index contributed by atoms with van der Waals surface area (Å²) in [5, 5.41) is 0. The molecule has 1 aromatic carbocycles. The molecule has 0 radical (unpaired) electrons. The summed E-state index contributed by atoms with van der Waals surface area (Å²) in [5.41, 5.74) is 2.04. The first-order valence-electron chi connectivity index (χ1n) is 4.41. The van der Waals surface area contributed by atoms with Crippen molar-refractivity contribution in [3.8, 4) is 12.3 Å². The van der Waals surface area contributed by atoms with E-state index in [2.05, 4.69) is 5.92 Å². The molecular weight excluding hydrogens is 176 g/mol. The zero-order chi connectivity index (χ0) is 10.4. The Labute approximate surface area is 84.8 Å². The van der Waals surface area contributed by atoms with Gasteiger partial charge in [-0.05, 0) is 17.7 Å². The Morgan fingerprint density at radius 3 is 2.21 bits per heavy atom. The van der Waals surface area contributed by atoms with Gasteiger partial charge >= 0.3 is 0 Å². The highest BCUT2D eigenvalue weighted by Gasteiger charge is 2.05. The summed E-state index contributed by atoms with van der Waals surface area (Å²) in [5.74, 6) is 2.57.